The van der Waals surface area contributed by atoms with Gasteiger partial charge in [-0.05, 0) is 18.6 Å². The number of aliphatic hydroxyl groups is 2. The summed E-state index contributed by atoms with van der Waals surface area (Å²) in [5, 5.41) is 23.2. The Kier molecular flexibility index (Phi) is 4.89. The molecule has 0 bridgehead atoms. The molecule has 2 N–H and O–H groups in total. The molecule has 0 amide bonds. The molecular weight excluding hydrogens is 314 g/mol. The lowest BCUT2D eigenvalue weighted by molar-refractivity contribution is -0.0423. The number of rotatable bonds is 4. The Bertz CT molecular complexity index is 700. The second kappa shape index (κ2) is 7.08. The Morgan fingerprint density at radius 1 is 1.33 bits per heavy atom. The van der Waals surface area contributed by atoms with Gasteiger partial charge in [0.05, 0.1) is 31.4 Å². The summed E-state index contributed by atoms with van der Waals surface area (Å²) in [4.78, 5) is 17.7. The van der Waals surface area contributed by atoms with Crippen LogP contribution in [-0.4, -0.2) is 63.6 Å². The van der Waals surface area contributed by atoms with Gasteiger partial charge in [0.1, 0.15) is 0 Å². The zero-order valence-corrected chi connectivity index (χ0v) is 13.3. The lowest BCUT2D eigenvalue weighted by Crippen LogP contribution is -2.46. The molecule has 1 saturated heterocycles. The highest BCUT2D eigenvalue weighted by Gasteiger charge is 2.26. The second-order valence-corrected chi connectivity index (χ2v) is 5.74. The number of benzene rings is 1. The van der Waals surface area contributed by atoms with E-state index in [4.69, 9.17) is 4.52 Å². The highest BCUT2D eigenvalue weighted by molar-refractivity contribution is 5.89. The zero-order chi connectivity index (χ0) is 17.1. The minimum atomic E-state index is -0.757. The molecule has 8 nitrogen and oxygen atoms in total. The summed E-state index contributed by atoms with van der Waals surface area (Å²) in [6, 6.07) is 6.73. The number of likely N-dealkylation sites (tertiary alicyclic amines) is 1. The van der Waals surface area contributed by atoms with Crippen LogP contribution in [0.4, 0.5) is 0 Å². The van der Waals surface area contributed by atoms with E-state index in [-0.39, 0.29) is 0 Å². The Morgan fingerprint density at radius 3 is 2.75 bits per heavy atom. The van der Waals surface area contributed by atoms with Crippen LogP contribution in [0.3, 0.4) is 0 Å². The first-order chi connectivity index (χ1) is 11.6. The third-order valence-electron chi connectivity index (χ3n) is 4.02. The van der Waals surface area contributed by atoms with Gasteiger partial charge in [0.15, 0.2) is 0 Å². The quantitative estimate of drug-likeness (QED) is 0.776. The molecule has 24 heavy (non-hydrogen) atoms. The van der Waals surface area contributed by atoms with Gasteiger partial charge in [-0.15, -0.1) is 0 Å². The number of carbonyl (C=O) groups is 1. The molecule has 1 aliphatic heterocycles. The van der Waals surface area contributed by atoms with Crippen LogP contribution in [0.5, 0.6) is 0 Å². The molecule has 2 atom stereocenters. The summed E-state index contributed by atoms with van der Waals surface area (Å²) in [7, 11) is 1.33. The summed E-state index contributed by atoms with van der Waals surface area (Å²) >= 11 is 0. The standard InChI is InChI=1S/C16H19N3O5/c1-23-16(22)11-4-2-10(3-5-11)15-17-14(24-18-15)9-19-7-6-12(20)13(21)8-19/h2-5,12-13,20-21H,6-9H2,1H3/t12-,13-/m1/s1. The molecule has 0 unspecified atom stereocenters. The first kappa shape index (κ1) is 16.6. The molecule has 1 aromatic carbocycles. The number of esters is 1. The van der Waals surface area contributed by atoms with Crippen LogP contribution in [0.1, 0.15) is 22.7 Å². The third-order valence-corrected chi connectivity index (χ3v) is 4.02. The maximum atomic E-state index is 11.4. The molecule has 128 valence electrons. The molecule has 1 fully saturated rings. The maximum absolute atomic E-state index is 11.4. The minimum Gasteiger partial charge on any atom is -0.465 e. The monoisotopic (exact) mass is 333 g/mol. The van der Waals surface area contributed by atoms with Crippen LogP contribution in [-0.2, 0) is 11.3 Å². The van der Waals surface area contributed by atoms with E-state index >= 15 is 0 Å². The molecule has 2 heterocycles. The molecule has 0 spiro atoms. The number of methoxy groups -OCH3 is 1. The van der Waals surface area contributed by atoms with Gasteiger partial charge in [-0.1, -0.05) is 17.3 Å². The van der Waals surface area contributed by atoms with E-state index in [1.165, 1.54) is 7.11 Å². The van der Waals surface area contributed by atoms with E-state index in [2.05, 4.69) is 14.9 Å². The Hall–Kier alpha value is -2.29. The van der Waals surface area contributed by atoms with Crippen molar-refractivity contribution in [1.29, 1.82) is 0 Å². The van der Waals surface area contributed by atoms with E-state index in [1.807, 2.05) is 4.90 Å². The number of carbonyl (C=O) groups excluding carboxylic acids is 1. The average molecular weight is 333 g/mol. The number of aromatic nitrogens is 2. The SMILES string of the molecule is COC(=O)c1ccc(-c2noc(CN3CC[C@@H](O)[C@H](O)C3)n2)cc1. The Labute approximate surface area is 138 Å². The predicted octanol–water partition coefficient (Wildman–Crippen LogP) is 0.451. The lowest BCUT2D eigenvalue weighted by Gasteiger charge is -2.32. The van der Waals surface area contributed by atoms with E-state index < -0.39 is 18.2 Å². The van der Waals surface area contributed by atoms with E-state index in [1.54, 1.807) is 24.3 Å². The molecule has 0 saturated carbocycles. The van der Waals surface area contributed by atoms with Crippen LogP contribution >= 0.6 is 0 Å². The normalized spacial score (nSPS) is 21.6. The van der Waals surface area contributed by atoms with E-state index in [0.717, 1.165) is 5.56 Å². The van der Waals surface area contributed by atoms with Crippen LogP contribution in [0.15, 0.2) is 28.8 Å². The summed E-state index contributed by atoms with van der Waals surface area (Å²) in [6.07, 6.45) is -0.920. The van der Waals surface area contributed by atoms with Crippen molar-refractivity contribution in [3.05, 3.63) is 35.7 Å². The number of aliphatic hydroxyl groups excluding tert-OH is 2. The van der Waals surface area contributed by atoms with Gasteiger partial charge in [0, 0.05) is 18.7 Å². The number of ether oxygens (including phenoxy) is 1. The first-order valence-electron chi connectivity index (χ1n) is 7.66. The average Bonchev–Trinajstić information content (AvgIpc) is 3.06. The van der Waals surface area contributed by atoms with Gasteiger partial charge in [0.25, 0.3) is 0 Å². The topological polar surface area (TPSA) is 109 Å². The van der Waals surface area contributed by atoms with Crippen molar-refractivity contribution < 1.29 is 24.3 Å². The molecular formula is C16H19N3O5. The third kappa shape index (κ3) is 3.61. The van der Waals surface area contributed by atoms with Crippen molar-refractivity contribution in [3.63, 3.8) is 0 Å². The molecule has 0 aliphatic carbocycles. The highest BCUT2D eigenvalue weighted by Crippen LogP contribution is 2.19. The molecule has 1 aromatic heterocycles. The Balaban J connectivity index is 1.66. The fourth-order valence-corrected chi connectivity index (χ4v) is 2.63. The fourth-order valence-electron chi connectivity index (χ4n) is 2.63. The minimum absolute atomic E-state index is 0.368. The van der Waals surface area contributed by atoms with Gasteiger partial charge < -0.3 is 19.5 Å². The van der Waals surface area contributed by atoms with Gasteiger partial charge in [-0.2, -0.15) is 4.98 Å². The van der Waals surface area contributed by atoms with E-state index in [9.17, 15) is 15.0 Å². The number of nitrogens with zero attached hydrogens (tertiary/aromatic N) is 3. The van der Waals surface area contributed by atoms with Gasteiger partial charge in [0.2, 0.25) is 11.7 Å². The van der Waals surface area contributed by atoms with Crippen molar-refractivity contribution in [2.45, 2.75) is 25.2 Å². The van der Waals surface area contributed by atoms with Crippen molar-refractivity contribution in [1.82, 2.24) is 15.0 Å². The van der Waals surface area contributed by atoms with Gasteiger partial charge >= 0.3 is 5.97 Å². The zero-order valence-electron chi connectivity index (χ0n) is 13.3. The summed E-state index contributed by atoms with van der Waals surface area (Å²) in [5.74, 6) is 0.464. The lowest BCUT2D eigenvalue weighted by atomic mass is 10.1. The molecule has 8 heteroatoms. The van der Waals surface area contributed by atoms with Crippen LogP contribution in [0.2, 0.25) is 0 Å². The van der Waals surface area contributed by atoms with Gasteiger partial charge in [-0.3, -0.25) is 4.90 Å². The van der Waals surface area contributed by atoms with Crippen molar-refractivity contribution in [2.75, 3.05) is 20.2 Å². The molecule has 2 aromatic rings. The predicted molar refractivity (Wildman–Crippen MR) is 83.0 cm³/mol. The first-order valence-corrected chi connectivity index (χ1v) is 7.66. The largest absolute Gasteiger partial charge is 0.465 e. The highest BCUT2D eigenvalue weighted by atomic mass is 16.5. The molecule has 0 radical (unpaired) electrons. The molecule has 3 rings (SSSR count). The maximum Gasteiger partial charge on any atom is 0.337 e. The van der Waals surface area contributed by atoms with Gasteiger partial charge in [-0.25, -0.2) is 4.79 Å². The number of hydrogen-bond acceptors (Lipinski definition) is 8. The van der Waals surface area contributed by atoms with Crippen LogP contribution in [0, 0.1) is 0 Å². The van der Waals surface area contributed by atoms with Crippen molar-refractivity contribution in [3.8, 4) is 11.4 Å². The number of piperidine rings is 1. The smallest absolute Gasteiger partial charge is 0.337 e. The van der Waals surface area contributed by atoms with Crippen molar-refractivity contribution in [2.24, 2.45) is 0 Å². The molecule has 1 aliphatic rings. The fraction of sp³-hybridized carbons (Fsp3) is 0.438. The van der Waals surface area contributed by atoms with Crippen LogP contribution in [0.25, 0.3) is 11.4 Å². The van der Waals surface area contributed by atoms with E-state index in [0.29, 0.717) is 43.3 Å². The van der Waals surface area contributed by atoms with Crippen molar-refractivity contribution >= 4 is 5.97 Å². The number of β-amino-alcohol motifs (C(OH)–C–C–N with tert-alkyl or cyclic N) is 1. The summed E-state index contributed by atoms with van der Waals surface area (Å²) in [5.41, 5.74) is 1.18. The second-order valence-electron chi connectivity index (χ2n) is 5.74. The Morgan fingerprint density at radius 2 is 2.08 bits per heavy atom. The number of hydrogen-bond donors (Lipinski definition) is 2. The summed E-state index contributed by atoms with van der Waals surface area (Å²) in [6.45, 7) is 1.44. The summed E-state index contributed by atoms with van der Waals surface area (Å²) < 4.78 is 9.90. The van der Waals surface area contributed by atoms with Crippen LogP contribution < -0.4 is 0 Å².